The van der Waals surface area contributed by atoms with Gasteiger partial charge in [-0.05, 0) is 55.5 Å². The highest BCUT2D eigenvalue weighted by Crippen LogP contribution is 2.35. The first-order chi connectivity index (χ1) is 12.1. The summed E-state index contributed by atoms with van der Waals surface area (Å²) in [5.41, 5.74) is 2.23. The summed E-state index contributed by atoms with van der Waals surface area (Å²) in [5.74, 6) is 0.209. The number of nitrogens with zero attached hydrogens (tertiary/aromatic N) is 3. The summed E-state index contributed by atoms with van der Waals surface area (Å²) < 4.78 is 5.50. The number of benzene rings is 1. The van der Waals surface area contributed by atoms with Crippen LogP contribution in [0.25, 0.3) is 0 Å². The van der Waals surface area contributed by atoms with Gasteiger partial charge in [0.25, 0.3) is 5.91 Å². The maximum Gasteiger partial charge on any atom is 0.274 e. The van der Waals surface area contributed by atoms with Crippen molar-refractivity contribution in [2.24, 2.45) is 5.92 Å². The molecule has 2 aromatic rings. The van der Waals surface area contributed by atoms with Gasteiger partial charge in [0.2, 0.25) is 0 Å². The maximum absolute atomic E-state index is 12.9. The van der Waals surface area contributed by atoms with Crippen LogP contribution in [-0.2, 0) is 4.74 Å². The van der Waals surface area contributed by atoms with E-state index in [1.165, 1.54) is 0 Å². The number of hydrogen-bond acceptors (Lipinski definition) is 4. The van der Waals surface area contributed by atoms with E-state index in [9.17, 15) is 4.79 Å². The summed E-state index contributed by atoms with van der Waals surface area (Å²) in [6.07, 6.45) is 1.84. The van der Waals surface area contributed by atoms with Crippen LogP contribution in [0.15, 0.2) is 36.4 Å². The SMILES string of the molecule is Cc1ccc(C(=O)N(C)[C@H](c2ccc(Cl)cc2)C2CCOCC2)nn1. The second-order valence-electron chi connectivity index (χ2n) is 6.42. The van der Waals surface area contributed by atoms with E-state index in [4.69, 9.17) is 16.3 Å². The van der Waals surface area contributed by atoms with Gasteiger partial charge in [0, 0.05) is 25.3 Å². The average molecular weight is 360 g/mol. The van der Waals surface area contributed by atoms with Gasteiger partial charge in [0.1, 0.15) is 0 Å². The molecule has 25 heavy (non-hydrogen) atoms. The molecule has 1 saturated heterocycles. The van der Waals surface area contributed by atoms with Crippen LogP contribution in [0.1, 0.15) is 40.6 Å². The Labute approximate surface area is 153 Å². The summed E-state index contributed by atoms with van der Waals surface area (Å²) in [6, 6.07) is 11.2. The molecule has 1 aromatic carbocycles. The zero-order valence-electron chi connectivity index (χ0n) is 14.5. The van der Waals surface area contributed by atoms with E-state index >= 15 is 0 Å². The Bertz CT molecular complexity index is 712. The quantitative estimate of drug-likeness (QED) is 0.835. The van der Waals surface area contributed by atoms with Crippen LogP contribution in [0.4, 0.5) is 0 Å². The second kappa shape index (κ2) is 7.93. The van der Waals surface area contributed by atoms with Gasteiger partial charge < -0.3 is 9.64 Å². The number of carbonyl (C=O) groups excluding carboxylic acids is 1. The highest BCUT2D eigenvalue weighted by molar-refractivity contribution is 6.30. The third-order valence-corrected chi connectivity index (χ3v) is 4.93. The van der Waals surface area contributed by atoms with Crippen molar-refractivity contribution in [3.05, 3.63) is 58.4 Å². The summed E-state index contributed by atoms with van der Waals surface area (Å²) in [4.78, 5) is 14.7. The molecule has 1 atom stereocenters. The zero-order chi connectivity index (χ0) is 17.8. The monoisotopic (exact) mass is 359 g/mol. The van der Waals surface area contributed by atoms with Crippen LogP contribution in [0, 0.1) is 12.8 Å². The Morgan fingerprint density at radius 3 is 2.44 bits per heavy atom. The predicted octanol–water partition coefficient (Wildman–Crippen LogP) is 3.68. The minimum atomic E-state index is -0.126. The van der Waals surface area contributed by atoms with Gasteiger partial charge in [-0.2, -0.15) is 5.10 Å². The third-order valence-electron chi connectivity index (χ3n) is 4.68. The van der Waals surface area contributed by atoms with Gasteiger partial charge in [-0.25, -0.2) is 0 Å². The Morgan fingerprint density at radius 2 is 1.84 bits per heavy atom. The number of aryl methyl sites for hydroxylation is 1. The van der Waals surface area contributed by atoms with Crippen LogP contribution >= 0.6 is 11.6 Å². The predicted molar refractivity (Wildman–Crippen MR) is 96.6 cm³/mol. The topological polar surface area (TPSA) is 55.3 Å². The molecule has 6 heteroatoms. The molecule has 1 aliphatic rings. The zero-order valence-corrected chi connectivity index (χ0v) is 15.2. The first-order valence-electron chi connectivity index (χ1n) is 8.47. The van der Waals surface area contributed by atoms with Gasteiger partial charge >= 0.3 is 0 Å². The molecule has 132 valence electrons. The van der Waals surface area contributed by atoms with Crippen LogP contribution in [0.2, 0.25) is 5.02 Å². The molecule has 0 unspecified atom stereocenters. The van der Waals surface area contributed by atoms with Crippen molar-refractivity contribution >= 4 is 17.5 Å². The largest absolute Gasteiger partial charge is 0.381 e. The molecular weight excluding hydrogens is 338 g/mol. The maximum atomic E-state index is 12.9. The Hall–Kier alpha value is -1.98. The van der Waals surface area contributed by atoms with Gasteiger partial charge in [0.05, 0.1) is 11.7 Å². The molecule has 1 aromatic heterocycles. The van der Waals surface area contributed by atoms with Crippen molar-refractivity contribution in [3.63, 3.8) is 0 Å². The summed E-state index contributed by atoms with van der Waals surface area (Å²) >= 11 is 6.04. The van der Waals surface area contributed by atoms with Crippen LogP contribution < -0.4 is 0 Å². The van der Waals surface area contributed by atoms with Gasteiger partial charge in [-0.1, -0.05) is 23.7 Å². The number of ether oxygens (including phenoxy) is 1. The van der Waals surface area contributed by atoms with Crippen molar-refractivity contribution in [1.29, 1.82) is 0 Å². The lowest BCUT2D eigenvalue weighted by atomic mass is 9.86. The lowest BCUT2D eigenvalue weighted by Crippen LogP contribution is -2.38. The van der Waals surface area contributed by atoms with Crippen molar-refractivity contribution in [2.75, 3.05) is 20.3 Å². The van der Waals surface area contributed by atoms with Gasteiger partial charge in [0.15, 0.2) is 5.69 Å². The van der Waals surface area contributed by atoms with Crippen LogP contribution in [0.5, 0.6) is 0 Å². The molecule has 0 aliphatic carbocycles. The molecule has 1 fully saturated rings. The number of halogens is 1. The van der Waals surface area contributed by atoms with Gasteiger partial charge in [-0.3, -0.25) is 4.79 Å². The molecule has 0 spiro atoms. The van der Waals surface area contributed by atoms with E-state index < -0.39 is 0 Å². The minimum Gasteiger partial charge on any atom is -0.381 e. The van der Waals surface area contributed by atoms with Crippen molar-refractivity contribution < 1.29 is 9.53 Å². The Balaban J connectivity index is 1.90. The number of aromatic nitrogens is 2. The summed E-state index contributed by atoms with van der Waals surface area (Å²) in [7, 11) is 1.83. The fourth-order valence-electron chi connectivity index (χ4n) is 3.32. The van der Waals surface area contributed by atoms with E-state index in [1.807, 2.05) is 38.2 Å². The number of rotatable bonds is 4. The Morgan fingerprint density at radius 1 is 1.16 bits per heavy atom. The first-order valence-corrected chi connectivity index (χ1v) is 8.85. The smallest absolute Gasteiger partial charge is 0.274 e. The molecule has 5 nitrogen and oxygen atoms in total. The van der Waals surface area contributed by atoms with Crippen LogP contribution in [0.3, 0.4) is 0 Å². The molecule has 1 amide bonds. The molecule has 0 N–H and O–H groups in total. The first kappa shape index (κ1) is 17.8. The van der Waals surface area contributed by atoms with Gasteiger partial charge in [-0.15, -0.1) is 5.10 Å². The molecule has 0 radical (unpaired) electrons. The minimum absolute atomic E-state index is 0.0447. The standard InChI is InChI=1S/C19H22ClN3O2/c1-13-3-8-17(22-21-13)19(24)23(2)18(15-9-11-25-12-10-15)14-4-6-16(20)7-5-14/h3-8,15,18H,9-12H2,1-2H3/t18-/m1/s1. The third kappa shape index (κ3) is 4.17. The fraction of sp³-hybridized carbons (Fsp3) is 0.421. The fourth-order valence-corrected chi connectivity index (χ4v) is 3.45. The average Bonchev–Trinajstić information content (AvgIpc) is 2.64. The number of carbonyl (C=O) groups is 1. The molecule has 0 bridgehead atoms. The number of amides is 1. The van der Waals surface area contributed by atoms with Crippen molar-refractivity contribution in [1.82, 2.24) is 15.1 Å². The molecule has 0 saturated carbocycles. The number of hydrogen-bond donors (Lipinski definition) is 0. The lowest BCUT2D eigenvalue weighted by molar-refractivity contribution is 0.0277. The van der Waals surface area contributed by atoms with Crippen molar-refractivity contribution in [3.8, 4) is 0 Å². The van der Waals surface area contributed by atoms with Crippen molar-refractivity contribution in [2.45, 2.75) is 25.8 Å². The Kier molecular flexibility index (Phi) is 5.66. The lowest BCUT2D eigenvalue weighted by Gasteiger charge is -2.37. The van der Waals surface area contributed by atoms with E-state index in [0.29, 0.717) is 16.6 Å². The summed E-state index contributed by atoms with van der Waals surface area (Å²) in [5, 5.41) is 8.74. The summed E-state index contributed by atoms with van der Waals surface area (Å²) in [6.45, 7) is 3.30. The molecule has 1 aliphatic heterocycles. The van der Waals surface area contributed by atoms with E-state index in [2.05, 4.69) is 10.2 Å². The highest BCUT2D eigenvalue weighted by Gasteiger charge is 2.32. The van der Waals surface area contributed by atoms with E-state index in [-0.39, 0.29) is 11.9 Å². The normalized spacial score (nSPS) is 16.4. The van der Waals surface area contributed by atoms with Crippen LogP contribution in [-0.4, -0.2) is 41.3 Å². The highest BCUT2D eigenvalue weighted by atomic mass is 35.5. The molecule has 3 rings (SSSR count). The van der Waals surface area contributed by atoms with E-state index in [0.717, 1.165) is 37.3 Å². The molecule has 2 heterocycles. The second-order valence-corrected chi connectivity index (χ2v) is 6.86. The van der Waals surface area contributed by atoms with E-state index in [1.54, 1.807) is 17.0 Å². The molecular formula is C19H22ClN3O2.